The van der Waals surface area contributed by atoms with Crippen molar-refractivity contribution < 1.29 is 0 Å². The summed E-state index contributed by atoms with van der Waals surface area (Å²) in [5.41, 5.74) is 0. The Morgan fingerprint density at radius 2 is 1.53 bits per heavy atom. The minimum Gasteiger partial charge on any atom is -0.0860 e. The number of hydrogen-bond donors (Lipinski definition) is 0. The highest BCUT2D eigenvalue weighted by Gasteiger charge is 2.34. The van der Waals surface area contributed by atoms with Gasteiger partial charge in [-0.1, -0.05) is 73.9 Å². The minimum atomic E-state index is 0.843. The van der Waals surface area contributed by atoms with Crippen LogP contribution in [0.2, 0.25) is 0 Å². The average Bonchev–Trinajstić information content (AvgIpc) is 2.87. The molecule has 2 saturated carbocycles. The third-order valence-electron chi connectivity index (χ3n) is 5.13. The van der Waals surface area contributed by atoms with Crippen molar-refractivity contribution in [3.05, 3.63) is 0 Å². The van der Waals surface area contributed by atoms with Gasteiger partial charge < -0.3 is 0 Å². The van der Waals surface area contributed by atoms with E-state index in [1.165, 1.54) is 51.4 Å². The van der Waals surface area contributed by atoms with Crippen LogP contribution in [0.4, 0.5) is 0 Å². The predicted molar refractivity (Wildman–Crippen MR) is 114 cm³/mol. The zero-order valence-corrected chi connectivity index (χ0v) is 19.0. The van der Waals surface area contributed by atoms with Crippen molar-refractivity contribution in [2.75, 3.05) is 0 Å². The highest BCUT2D eigenvalue weighted by atomic mass is 127. The molecule has 0 aromatic rings. The quantitative estimate of drug-likeness (QED) is 0.185. The van der Waals surface area contributed by atoms with Gasteiger partial charge in [-0.2, -0.15) is 0 Å². The maximum atomic E-state index is 2.81. The molecule has 4 unspecified atom stereocenters. The highest BCUT2D eigenvalue weighted by molar-refractivity contribution is 14.2. The molecule has 0 saturated heterocycles. The third-order valence-corrected chi connectivity index (χ3v) is 11.3. The number of halogens is 3. The van der Waals surface area contributed by atoms with Gasteiger partial charge in [-0.05, 0) is 77.5 Å². The van der Waals surface area contributed by atoms with Crippen molar-refractivity contribution in [2.45, 2.75) is 71.4 Å². The second-order valence-corrected chi connectivity index (χ2v) is 12.1. The molecule has 2 aliphatic carbocycles. The molecule has 0 bridgehead atoms. The van der Waals surface area contributed by atoms with Gasteiger partial charge in [0.15, 0.2) is 0 Å². The molecule has 0 aliphatic heterocycles. The second-order valence-electron chi connectivity index (χ2n) is 6.45. The molecule has 0 amide bonds. The van der Waals surface area contributed by atoms with Crippen molar-refractivity contribution in [2.24, 2.45) is 17.8 Å². The number of rotatable bonds is 4. The van der Waals surface area contributed by atoms with Gasteiger partial charge in [0.25, 0.3) is 0 Å². The van der Waals surface area contributed by atoms with Crippen LogP contribution in [0.3, 0.4) is 0 Å². The maximum Gasteiger partial charge on any atom is 0.0166 e. The zero-order valence-electron chi connectivity index (χ0n) is 11.7. The summed E-state index contributed by atoms with van der Waals surface area (Å²) in [5.74, 6) is 3.00. The molecule has 0 heterocycles. The standard InChI is InChI=1S/C15H25I3S/c1-10(19-18)12-6-7-13(9-14(16)8-12)15(17)11-4-2-3-5-11/h10-15H,2-9H2,1H3/t10-,12?,13?,14?,15?/m0/s1. The molecule has 19 heavy (non-hydrogen) atoms. The molecular formula is C15H25I3S. The first-order chi connectivity index (χ1) is 9.11. The topological polar surface area (TPSA) is 0 Å². The lowest BCUT2D eigenvalue weighted by Crippen LogP contribution is -2.23. The lowest BCUT2D eigenvalue weighted by molar-refractivity contribution is 0.365. The predicted octanol–water partition coefficient (Wildman–Crippen LogP) is 7.06. The molecule has 0 N–H and O–H groups in total. The van der Waals surface area contributed by atoms with Gasteiger partial charge in [-0.15, -0.1) is 0 Å². The molecule has 0 spiro atoms. The second kappa shape index (κ2) is 8.99. The number of hydrogen-bond acceptors (Lipinski definition) is 1. The van der Waals surface area contributed by atoms with Gasteiger partial charge in [0.2, 0.25) is 0 Å². The molecule has 0 aromatic heterocycles. The van der Waals surface area contributed by atoms with Crippen molar-refractivity contribution in [3.8, 4) is 0 Å². The van der Waals surface area contributed by atoms with Crippen LogP contribution >= 0.6 is 75.3 Å². The van der Waals surface area contributed by atoms with E-state index in [1.807, 2.05) is 8.93 Å². The van der Waals surface area contributed by atoms with Crippen LogP contribution in [0.25, 0.3) is 0 Å². The molecule has 5 atom stereocenters. The molecule has 2 rings (SSSR count). The van der Waals surface area contributed by atoms with Gasteiger partial charge in [-0.25, -0.2) is 0 Å². The lowest BCUT2D eigenvalue weighted by Gasteiger charge is -2.27. The Morgan fingerprint density at radius 3 is 2.16 bits per heavy atom. The molecule has 2 fully saturated rings. The van der Waals surface area contributed by atoms with Gasteiger partial charge in [0, 0.05) is 13.1 Å². The fourth-order valence-corrected chi connectivity index (χ4v) is 8.18. The Balaban J connectivity index is 1.92. The average molecular weight is 618 g/mol. The summed E-state index contributed by atoms with van der Waals surface area (Å²) >= 11 is 8.05. The van der Waals surface area contributed by atoms with Crippen LogP contribution in [-0.2, 0) is 0 Å². The molecule has 0 radical (unpaired) electrons. The Morgan fingerprint density at radius 1 is 0.947 bits per heavy atom. The van der Waals surface area contributed by atoms with E-state index in [9.17, 15) is 0 Å². The van der Waals surface area contributed by atoms with E-state index in [1.54, 1.807) is 0 Å². The van der Waals surface area contributed by atoms with Gasteiger partial charge >= 0.3 is 0 Å². The largest absolute Gasteiger partial charge is 0.0860 e. The van der Waals surface area contributed by atoms with Crippen molar-refractivity contribution >= 4 is 75.3 Å². The Labute approximate surface area is 162 Å². The van der Waals surface area contributed by atoms with Gasteiger partial charge in [-0.3, -0.25) is 0 Å². The summed E-state index contributed by atoms with van der Waals surface area (Å²) < 4.78 is 1.87. The Kier molecular flexibility index (Phi) is 8.46. The summed E-state index contributed by atoms with van der Waals surface area (Å²) in [6.45, 7) is 2.43. The fourth-order valence-electron chi connectivity index (χ4n) is 3.87. The molecule has 0 aromatic carbocycles. The summed E-state index contributed by atoms with van der Waals surface area (Å²) in [7, 11) is 2.04. The van der Waals surface area contributed by atoms with E-state index >= 15 is 0 Å². The Bertz CT molecular complexity index is 268. The molecule has 112 valence electrons. The zero-order chi connectivity index (χ0) is 13.8. The molecule has 4 heteroatoms. The van der Waals surface area contributed by atoms with Crippen LogP contribution in [0.15, 0.2) is 0 Å². The van der Waals surface area contributed by atoms with Crippen molar-refractivity contribution in [1.29, 1.82) is 0 Å². The van der Waals surface area contributed by atoms with E-state index in [0.717, 1.165) is 30.9 Å². The summed E-state index contributed by atoms with van der Waals surface area (Å²) in [6, 6.07) is 0. The van der Waals surface area contributed by atoms with Crippen LogP contribution in [0.1, 0.15) is 58.3 Å². The first-order valence-corrected chi connectivity index (χ1v) is 13.6. The molecular weight excluding hydrogens is 593 g/mol. The SMILES string of the molecule is C[C@H](SI)C1CCC(C(I)C2CCCC2)CC(I)C1. The van der Waals surface area contributed by atoms with E-state index in [2.05, 4.69) is 73.3 Å². The fraction of sp³-hybridized carbons (Fsp3) is 1.00. The monoisotopic (exact) mass is 618 g/mol. The summed E-state index contributed by atoms with van der Waals surface area (Å²) in [5, 5.41) is 0.843. The third kappa shape index (κ3) is 5.29. The maximum absolute atomic E-state index is 2.81. The van der Waals surface area contributed by atoms with E-state index in [0.29, 0.717) is 0 Å². The van der Waals surface area contributed by atoms with Gasteiger partial charge in [0.05, 0.1) is 0 Å². The molecule has 2 aliphatic rings. The normalized spacial score (nSPS) is 36.9. The van der Waals surface area contributed by atoms with Crippen molar-refractivity contribution in [1.82, 2.24) is 0 Å². The summed E-state index contributed by atoms with van der Waals surface area (Å²) in [6.07, 6.45) is 11.9. The minimum absolute atomic E-state index is 0.843. The highest BCUT2D eigenvalue weighted by Crippen LogP contribution is 2.44. The lowest BCUT2D eigenvalue weighted by atomic mass is 9.87. The number of alkyl halides is 2. The molecule has 0 nitrogen and oxygen atoms in total. The van der Waals surface area contributed by atoms with Crippen LogP contribution in [0, 0.1) is 17.8 Å². The van der Waals surface area contributed by atoms with Crippen LogP contribution < -0.4 is 0 Å². The smallest absolute Gasteiger partial charge is 0.0166 e. The first-order valence-electron chi connectivity index (χ1n) is 7.67. The van der Waals surface area contributed by atoms with E-state index in [-0.39, 0.29) is 0 Å². The van der Waals surface area contributed by atoms with Crippen molar-refractivity contribution in [3.63, 3.8) is 0 Å². The van der Waals surface area contributed by atoms with Crippen LogP contribution in [-0.4, -0.2) is 13.1 Å². The Hall–Kier alpha value is 2.54. The summed E-state index contributed by atoms with van der Waals surface area (Å²) in [4.78, 5) is 0. The van der Waals surface area contributed by atoms with E-state index in [4.69, 9.17) is 0 Å². The van der Waals surface area contributed by atoms with E-state index < -0.39 is 0 Å². The first kappa shape index (κ1) is 17.9. The van der Waals surface area contributed by atoms with Crippen LogP contribution in [0.5, 0.6) is 0 Å². The van der Waals surface area contributed by atoms with Gasteiger partial charge in [0.1, 0.15) is 0 Å².